The fraction of sp³-hybridized carbons (Fsp3) is 0.533. The van der Waals surface area contributed by atoms with Crippen molar-refractivity contribution in [1.29, 1.82) is 0 Å². The van der Waals surface area contributed by atoms with Gasteiger partial charge in [-0.25, -0.2) is 8.78 Å². The minimum atomic E-state index is -1.08. The molecule has 5 nitrogen and oxygen atoms in total. The minimum Gasteiger partial charge on any atom is -0.395 e. The molecule has 128 valence electrons. The number of aliphatic hydroxyl groups is 1. The van der Waals surface area contributed by atoms with Gasteiger partial charge in [-0.2, -0.15) is 0 Å². The lowest BCUT2D eigenvalue weighted by Gasteiger charge is -2.30. The molecule has 0 aromatic heterocycles. The fourth-order valence-corrected chi connectivity index (χ4v) is 2.55. The van der Waals surface area contributed by atoms with E-state index >= 15 is 0 Å². The number of ether oxygens (including phenoxy) is 1. The summed E-state index contributed by atoms with van der Waals surface area (Å²) in [4.78, 5) is 15.9. The summed E-state index contributed by atoms with van der Waals surface area (Å²) in [5.41, 5.74) is -0.299. The molecular weight excluding hydrogens is 330 g/mol. The van der Waals surface area contributed by atoms with Crippen molar-refractivity contribution < 1.29 is 23.4 Å². The number of rotatable bonds is 6. The highest BCUT2D eigenvalue weighted by Crippen LogP contribution is 2.23. The van der Waals surface area contributed by atoms with Gasteiger partial charge in [-0.1, -0.05) is 11.6 Å². The number of carbonyl (C=O) groups excluding carboxylic acids is 1. The quantitative estimate of drug-likeness (QED) is 0.789. The number of benzene rings is 1. The Kier molecular flexibility index (Phi) is 6.71. The first-order valence-corrected chi connectivity index (χ1v) is 7.76. The summed E-state index contributed by atoms with van der Waals surface area (Å²) < 4.78 is 32.5. The van der Waals surface area contributed by atoms with Crippen molar-refractivity contribution in [1.82, 2.24) is 9.80 Å². The van der Waals surface area contributed by atoms with Gasteiger partial charge in [0.15, 0.2) is 5.82 Å². The van der Waals surface area contributed by atoms with Crippen LogP contribution in [-0.2, 0) is 4.74 Å². The Labute approximate surface area is 138 Å². The Morgan fingerprint density at radius 2 is 2.00 bits per heavy atom. The molecule has 2 rings (SSSR count). The number of aliphatic hydroxyl groups excluding tert-OH is 1. The van der Waals surface area contributed by atoms with E-state index in [0.717, 1.165) is 25.2 Å². The van der Waals surface area contributed by atoms with E-state index in [1.165, 1.54) is 4.90 Å². The van der Waals surface area contributed by atoms with Crippen molar-refractivity contribution in [3.05, 3.63) is 34.4 Å². The highest BCUT2D eigenvalue weighted by Gasteiger charge is 2.23. The second-order valence-electron chi connectivity index (χ2n) is 5.19. The molecule has 1 N–H and O–H groups in total. The van der Waals surface area contributed by atoms with Crippen molar-refractivity contribution in [3.63, 3.8) is 0 Å². The van der Waals surface area contributed by atoms with E-state index in [0.29, 0.717) is 26.3 Å². The van der Waals surface area contributed by atoms with Crippen LogP contribution in [0.25, 0.3) is 0 Å². The standard InChI is InChI=1S/C15H19ClF2N2O3/c16-13-12(17)2-1-11(14(13)18)15(22)20(5-8-21)4-3-19-6-9-23-10-7-19/h1-2,21H,3-10H2. The molecule has 0 saturated carbocycles. The second-order valence-corrected chi connectivity index (χ2v) is 5.57. The Hall–Kier alpha value is -1.28. The van der Waals surface area contributed by atoms with E-state index in [1.54, 1.807) is 0 Å². The van der Waals surface area contributed by atoms with Gasteiger partial charge in [-0.3, -0.25) is 9.69 Å². The van der Waals surface area contributed by atoms with Crippen LogP contribution in [0.1, 0.15) is 10.4 Å². The number of hydrogen-bond donors (Lipinski definition) is 1. The zero-order valence-corrected chi connectivity index (χ0v) is 13.4. The van der Waals surface area contributed by atoms with Crippen LogP contribution in [-0.4, -0.2) is 73.4 Å². The molecule has 1 aromatic carbocycles. The van der Waals surface area contributed by atoms with Crippen LogP contribution in [0.4, 0.5) is 8.78 Å². The largest absolute Gasteiger partial charge is 0.395 e. The van der Waals surface area contributed by atoms with Gasteiger partial charge < -0.3 is 14.7 Å². The number of hydrogen-bond acceptors (Lipinski definition) is 4. The van der Waals surface area contributed by atoms with Crippen LogP contribution < -0.4 is 0 Å². The molecule has 0 atom stereocenters. The van der Waals surface area contributed by atoms with Gasteiger partial charge in [0.25, 0.3) is 5.91 Å². The number of nitrogens with zero attached hydrogens (tertiary/aromatic N) is 2. The van der Waals surface area contributed by atoms with Gasteiger partial charge >= 0.3 is 0 Å². The lowest BCUT2D eigenvalue weighted by atomic mass is 10.1. The highest BCUT2D eigenvalue weighted by atomic mass is 35.5. The van der Waals surface area contributed by atoms with Crippen LogP contribution in [0.5, 0.6) is 0 Å². The zero-order valence-electron chi connectivity index (χ0n) is 12.6. The van der Waals surface area contributed by atoms with Crippen LogP contribution >= 0.6 is 11.6 Å². The summed E-state index contributed by atoms with van der Waals surface area (Å²) in [6.07, 6.45) is 0. The number of carbonyl (C=O) groups is 1. The highest BCUT2D eigenvalue weighted by molar-refractivity contribution is 6.31. The minimum absolute atomic E-state index is 0.0671. The molecule has 0 radical (unpaired) electrons. The average Bonchev–Trinajstić information content (AvgIpc) is 2.57. The number of amides is 1. The Bertz CT molecular complexity index is 554. The monoisotopic (exact) mass is 348 g/mol. The number of halogens is 3. The topological polar surface area (TPSA) is 53.0 Å². The summed E-state index contributed by atoms with van der Waals surface area (Å²) in [7, 11) is 0. The van der Waals surface area contributed by atoms with E-state index in [-0.39, 0.29) is 18.7 Å². The predicted molar refractivity (Wildman–Crippen MR) is 81.6 cm³/mol. The van der Waals surface area contributed by atoms with Gasteiger partial charge in [0.1, 0.15) is 10.8 Å². The van der Waals surface area contributed by atoms with E-state index < -0.39 is 22.6 Å². The molecule has 0 unspecified atom stereocenters. The van der Waals surface area contributed by atoms with Crippen molar-refractivity contribution >= 4 is 17.5 Å². The summed E-state index contributed by atoms with van der Waals surface area (Å²) in [5, 5.41) is 8.43. The van der Waals surface area contributed by atoms with E-state index in [9.17, 15) is 13.6 Å². The second kappa shape index (κ2) is 8.54. The average molecular weight is 349 g/mol. The molecule has 1 saturated heterocycles. The van der Waals surface area contributed by atoms with Crippen LogP contribution in [0.15, 0.2) is 12.1 Å². The lowest BCUT2D eigenvalue weighted by Crippen LogP contribution is -2.44. The molecule has 0 bridgehead atoms. The maximum Gasteiger partial charge on any atom is 0.257 e. The van der Waals surface area contributed by atoms with Gasteiger partial charge in [0, 0.05) is 32.7 Å². The van der Waals surface area contributed by atoms with Crippen molar-refractivity contribution in [3.8, 4) is 0 Å². The molecule has 1 aromatic rings. The first-order valence-electron chi connectivity index (χ1n) is 7.38. The molecule has 0 aliphatic carbocycles. The maximum absolute atomic E-state index is 14.0. The third-order valence-electron chi connectivity index (χ3n) is 3.71. The summed E-state index contributed by atoms with van der Waals surface area (Å²) >= 11 is 5.52. The van der Waals surface area contributed by atoms with Crippen LogP contribution in [0.2, 0.25) is 5.02 Å². The molecule has 23 heavy (non-hydrogen) atoms. The third-order valence-corrected chi connectivity index (χ3v) is 4.06. The molecule has 1 aliphatic heterocycles. The maximum atomic E-state index is 14.0. The first kappa shape index (κ1) is 18.1. The summed E-state index contributed by atoms with van der Waals surface area (Å²) in [6.45, 7) is 3.53. The van der Waals surface area contributed by atoms with Gasteiger partial charge in [0.2, 0.25) is 0 Å². The van der Waals surface area contributed by atoms with Gasteiger partial charge in [-0.15, -0.1) is 0 Å². The van der Waals surface area contributed by atoms with Gasteiger partial charge in [0.05, 0.1) is 25.4 Å². The SMILES string of the molecule is O=C(c1ccc(F)c(Cl)c1F)N(CCO)CCN1CCOCC1. The normalized spacial score (nSPS) is 15.7. The molecule has 1 fully saturated rings. The third kappa shape index (κ3) is 4.60. The molecule has 1 amide bonds. The molecule has 1 aliphatic rings. The summed E-state index contributed by atoms with van der Waals surface area (Å²) in [6, 6.07) is 2.02. The molecular formula is C15H19ClF2N2O3. The molecule has 8 heteroatoms. The van der Waals surface area contributed by atoms with E-state index in [1.807, 2.05) is 0 Å². The smallest absolute Gasteiger partial charge is 0.257 e. The van der Waals surface area contributed by atoms with E-state index in [2.05, 4.69) is 4.90 Å². The Morgan fingerprint density at radius 3 is 2.65 bits per heavy atom. The number of morpholine rings is 1. The van der Waals surface area contributed by atoms with Crippen molar-refractivity contribution in [2.75, 3.05) is 52.5 Å². The Balaban J connectivity index is 2.07. The van der Waals surface area contributed by atoms with Crippen molar-refractivity contribution in [2.24, 2.45) is 0 Å². The predicted octanol–water partition coefficient (Wildman–Crippen LogP) is 1.38. The fourth-order valence-electron chi connectivity index (χ4n) is 2.38. The molecule has 0 spiro atoms. The van der Waals surface area contributed by atoms with Gasteiger partial charge in [-0.05, 0) is 12.1 Å². The van der Waals surface area contributed by atoms with Crippen molar-refractivity contribution in [2.45, 2.75) is 0 Å². The van der Waals surface area contributed by atoms with E-state index in [4.69, 9.17) is 21.4 Å². The first-order chi connectivity index (χ1) is 11.0. The molecule has 1 heterocycles. The lowest BCUT2D eigenvalue weighted by molar-refractivity contribution is 0.0315. The van der Waals surface area contributed by atoms with Crippen LogP contribution in [0.3, 0.4) is 0 Å². The zero-order chi connectivity index (χ0) is 16.8. The van der Waals surface area contributed by atoms with Crippen LogP contribution in [0, 0.1) is 11.6 Å². The summed E-state index contributed by atoms with van der Waals surface area (Å²) in [5.74, 6) is -2.61. The Morgan fingerprint density at radius 1 is 1.30 bits per heavy atom.